The molecule has 5 heteroatoms. The third-order valence-corrected chi connectivity index (χ3v) is 3.41. The van der Waals surface area contributed by atoms with Gasteiger partial charge in [0, 0.05) is 13.1 Å². The lowest BCUT2D eigenvalue weighted by Crippen LogP contribution is -2.23. The number of phenolic OH excluding ortho intramolecular Hbond substituents is 3. The molecule has 1 amide bonds. The normalized spacial score (nSPS) is 13.6. The van der Waals surface area contributed by atoms with Crippen molar-refractivity contribution >= 4 is 5.91 Å². The number of rotatable bonds is 2. The fourth-order valence-electron chi connectivity index (χ4n) is 2.38. The second-order valence-corrected chi connectivity index (χ2v) is 4.80. The fraction of sp³-hybridized carbons (Fsp3) is 0.133. The maximum absolute atomic E-state index is 12.2. The first kappa shape index (κ1) is 12.3. The quantitative estimate of drug-likeness (QED) is 0.729. The minimum atomic E-state index is -0.360. The van der Waals surface area contributed by atoms with Gasteiger partial charge in [-0.2, -0.15) is 0 Å². The van der Waals surface area contributed by atoms with Crippen molar-refractivity contribution in [3.63, 3.8) is 0 Å². The zero-order valence-corrected chi connectivity index (χ0v) is 10.6. The van der Waals surface area contributed by atoms with Gasteiger partial charge < -0.3 is 20.2 Å². The molecule has 3 N–H and O–H groups in total. The summed E-state index contributed by atoms with van der Waals surface area (Å²) in [5.74, 6) is -0.780. The lowest BCUT2D eigenvalue weighted by molar-refractivity contribution is 0.0764. The van der Waals surface area contributed by atoms with Crippen molar-refractivity contribution in [2.24, 2.45) is 0 Å². The van der Waals surface area contributed by atoms with E-state index in [1.165, 1.54) is 6.07 Å². The van der Waals surface area contributed by atoms with Crippen LogP contribution in [-0.2, 0) is 13.1 Å². The zero-order valence-electron chi connectivity index (χ0n) is 10.6. The SMILES string of the molecule is O=C1c2c(ccc(O)c2O)CN1Cc1ccc(O)cc1. The van der Waals surface area contributed by atoms with Crippen LogP contribution in [0, 0.1) is 0 Å². The van der Waals surface area contributed by atoms with Gasteiger partial charge in [0.05, 0.1) is 5.56 Å². The van der Waals surface area contributed by atoms with Crippen LogP contribution in [0.5, 0.6) is 17.2 Å². The Morgan fingerprint density at radius 3 is 2.40 bits per heavy atom. The average Bonchev–Trinajstić information content (AvgIpc) is 2.74. The molecule has 0 bridgehead atoms. The minimum absolute atomic E-state index is 0.170. The number of hydrogen-bond acceptors (Lipinski definition) is 4. The molecule has 0 unspecified atom stereocenters. The Morgan fingerprint density at radius 1 is 1.00 bits per heavy atom. The van der Waals surface area contributed by atoms with Crippen LogP contribution in [0.15, 0.2) is 36.4 Å². The average molecular weight is 271 g/mol. The Balaban J connectivity index is 1.87. The van der Waals surface area contributed by atoms with Gasteiger partial charge in [-0.15, -0.1) is 0 Å². The number of benzene rings is 2. The molecular formula is C15H13NO4. The van der Waals surface area contributed by atoms with Crippen molar-refractivity contribution in [1.29, 1.82) is 0 Å². The number of amides is 1. The van der Waals surface area contributed by atoms with E-state index in [1.807, 2.05) is 0 Å². The molecule has 3 rings (SSSR count). The number of aromatic hydroxyl groups is 3. The smallest absolute Gasteiger partial charge is 0.258 e. The standard InChI is InChI=1S/C15H13NO4/c17-11-4-1-9(2-5-11)7-16-8-10-3-6-12(18)14(19)13(10)15(16)20/h1-6,17-19H,7-8H2. The topological polar surface area (TPSA) is 81.0 Å². The summed E-state index contributed by atoms with van der Waals surface area (Å²) in [5, 5.41) is 28.5. The van der Waals surface area contributed by atoms with Crippen LogP contribution in [0.2, 0.25) is 0 Å². The van der Waals surface area contributed by atoms with Gasteiger partial charge in [-0.05, 0) is 29.3 Å². The Kier molecular flexibility index (Phi) is 2.75. The summed E-state index contributed by atoms with van der Waals surface area (Å²) in [6.45, 7) is 0.775. The number of hydrogen-bond donors (Lipinski definition) is 3. The second-order valence-electron chi connectivity index (χ2n) is 4.80. The molecule has 2 aromatic rings. The summed E-state index contributed by atoms with van der Waals surface area (Å²) in [6.07, 6.45) is 0. The second kappa shape index (κ2) is 4.45. The van der Waals surface area contributed by atoms with E-state index < -0.39 is 0 Å². The number of phenols is 3. The predicted molar refractivity (Wildman–Crippen MR) is 71.5 cm³/mol. The summed E-state index contributed by atoms with van der Waals surface area (Å²) in [5.41, 5.74) is 1.75. The predicted octanol–water partition coefficient (Wildman–Crippen LogP) is 1.96. The van der Waals surface area contributed by atoms with E-state index >= 15 is 0 Å². The Hall–Kier alpha value is -2.69. The van der Waals surface area contributed by atoms with Crippen LogP contribution in [0.4, 0.5) is 0 Å². The fourth-order valence-corrected chi connectivity index (χ4v) is 2.38. The van der Waals surface area contributed by atoms with Gasteiger partial charge in [0.15, 0.2) is 11.5 Å². The zero-order chi connectivity index (χ0) is 14.3. The van der Waals surface area contributed by atoms with Crippen LogP contribution in [0.25, 0.3) is 0 Å². The lowest BCUT2D eigenvalue weighted by Gasteiger charge is -2.15. The summed E-state index contributed by atoms with van der Waals surface area (Å²) in [7, 11) is 0. The van der Waals surface area contributed by atoms with Crippen molar-refractivity contribution in [3.05, 3.63) is 53.1 Å². The van der Waals surface area contributed by atoms with E-state index in [4.69, 9.17) is 0 Å². The highest BCUT2D eigenvalue weighted by Crippen LogP contribution is 2.37. The van der Waals surface area contributed by atoms with E-state index in [0.717, 1.165) is 5.56 Å². The number of carbonyl (C=O) groups excluding carboxylic acids is 1. The molecule has 0 atom stereocenters. The third kappa shape index (κ3) is 1.93. The van der Waals surface area contributed by atoms with Crippen LogP contribution in [-0.4, -0.2) is 26.1 Å². The first-order valence-corrected chi connectivity index (χ1v) is 6.17. The first-order chi connectivity index (χ1) is 9.56. The summed E-state index contributed by atoms with van der Waals surface area (Å²) < 4.78 is 0. The van der Waals surface area contributed by atoms with Gasteiger partial charge in [-0.25, -0.2) is 0 Å². The monoisotopic (exact) mass is 271 g/mol. The molecule has 0 saturated heterocycles. The van der Waals surface area contributed by atoms with Crippen LogP contribution in [0.3, 0.4) is 0 Å². The summed E-state index contributed by atoms with van der Waals surface area (Å²) in [6, 6.07) is 9.62. The molecule has 1 aliphatic rings. The van der Waals surface area contributed by atoms with Crippen molar-refractivity contribution in [3.8, 4) is 17.2 Å². The van der Waals surface area contributed by atoms with Crippen molar-refractivity contribution in [2.75, 3.05) is 0 Å². The van der Waals surface area contributed by atoms with Crippen molar-refractivity contribution in [2.45, 2.75) is 13.1 Å². The lowest BCUT2D eigenvalue weighted by atomic mass is 10.1. The largest absolute Gasteiger partial charge is 0.508 e. The Bertz CT molecular complexity index is 679. The number of carbonyl (C=O) groups is 1. The van der Waals surface area contributed by atoms with Crippen LogP contribution >= 0.6 is 0 Å². The van der Waals surface area contributed by atoms with E-state index in [9.17, 15) is 20.1 Å². The Labute approximate surface area is 115 Å². The molecule has 20 heavy (non-hydrogen) atoms. The molecule has 0 aromatic heterocycles. The van der Waals surface area contributed by atoms with Crippen molar-refractivity contribution < 1.29 is 20.1 Å². The highest BCUT2D eigenvalue weighted by Gasteiger charge is 2.31. The van der Waals surface area contributed by atoms with Gasteiger partial charge >= 0.3 is 0 Å². The summed E-state index contributed by atoms with van der Waals surface area (Å²) in [4.78, 5) is 13.8. The molecule has 5 nitrogen and oxygen atoms in total. The van der Waals surface area contributed by atoms with Gasteiger partial charge in [0.1, 0.15) is 5.75 Å². The van der Waals surface area contributed by atoms with Gasteiger partial charge in [0.2, 0.25) is 0 Å². The van der Waals surface area contributed by atoms with Crippen LogP contribution < -0.4 is 0 Å². The highest BCUT2D eigenvalue weighted by atomic mass is 16.3. The van der Waals surface area contributed by atoms with E-state index in [1.54, 1.807) is 35.2 Å². The molecule has 102 valence electrons. The molecule has 0 aliphatic carbocycles. The number of fused-ring (bicyclic) bond motifs is 1. The van der Waals surface area contributed by atoms with Crippen LogP contribution in [0.1, 0.15) is 21.5 Å². The maximum atomic E-state index is 12.2. The van der Waals surface area contributed by atoms with Gasteiger partial charge in [-0.1, -0.05) is 18.2 Å². The van der Waals surface area contributed by atoms with Gasteiger partial charge in [-0.3, -0.25) is 4.79 Å². The number of nitrogens with zero attached hydrogens (tertiary/aromatic N) is 1. The minimum Gasteiger partial charge on any atom is -0.508 e. The van der Waals surface area contributed by atoms with E-state index in [2.05, 4.69) is 0 Å². The first-order valence-electron chi connectivity index (χ1n) is 6.17. The molecular weight excluding hydrogens is 258 g/mol. The molecule has 0 fully saturated rings. The summed E-state index contributed by atoms with van der Waals surface area (Å²) >= 11 is 0. The molecule has 0 spiro atoms. The molecule has 1 aliphatic heterocycles. The third-order valence-electron chi connectivity index (χ3n) is 3.41. The van der Waals surface area contributed by atoms with E-state index in [-0.39, 0.29) is 28.7 Å². The van der Waals surface area contributed by atoms with E-state index in [0.29, 0.717) is 18.7 Å². The molecule has 1 heterocycles. The molecule has 0 radical (unpaired) electrons. The van der Waals surface area contributed by atoms with Crippen molar-refractivity contribution in [1.82, 2.24) is 4.90 Å². The maximum Gasteiger partial charge on any atom is 0.258 e. The molecule has 2 aromatic carbocycles. The van der Waals surface area contributed by atoms with Gasteiger partial charge in [0.25, 0.3) is 5.91 Å². The Morgan fingerprint density at radius 2 is 1.70 bits per heavy atom. The highest BCUT2D eigenvalue weighted by molar-refractivity contribution is 6.01. The molecule has 0 saturated carbocycles.